The normalized spacial score (nSPS) is 22.7. The van der Waals surface area contributed by atoms with E-state index in [1.165, 1.54) is 55.7 Å². The van der Waals surface area contributed by atoms with E-state index in [1.54, 1.807) is 0 Å². The van der Waals surface area contributed by atoms with Crippen molar-refractivity contribution < 1.29 is 0 Å². The first-order valence-electron chi connectivity index (χ1n) is 12.7. The Bertz CT molecular complexity index is 1380. The van der Waals surface area contributed by atoms with E-state index in [2.05, 4.69) is 137 Å². The van der Waals surface area contributed by atoms with Gasteiger partial charge in [0.2, 0.25) is 0 Å². The SMILES string of the molecule is CC1=Cc2c(-c3ccccc3)cccc2C1(C)[SiH2]C1(C)C(C)=Cc2c(-c3ccccc3)cccc21. The third kappa shape index (κ3) is 3.33. The highest BCUT2D eigenvalue weighted by atomic mass is 28.2. The van der Waals surface area contributed by atoms with E-state index >= 15 is 0 Å². The maximum atomic E-state index is 2.52. The molecule has 0 radical (unpaired) electrons. The molecular weight excluding hydrogens is 436 g/mol. The molecule has 0 fully saturated rings. The molecule has 172 valence electrons. The van der Waals surface area contributed by atoms with E-state index in [0.717, 1.165) is 0 Å². The molecule has 2 aliphatic carbocycles. The molecule has 0 aromatic heterocycles. The fourth-order valence-electron chi connectivity index (χ4n) is 6.50. The van der Waals surface area contributed by atoms with Gasteiger partial charge in [-0.15, -0.1) is 0 Å². The summed E-state index contributed by atoms with van der Waals surface area (Å²) in [6.45, 7) is 9.76. The Balaban J connectivity index is 1.45. The van der Waals surface area contributed by atoms with E-state index in [-0.39, 0.29) is 10.1 Å². The van der Waals surface area contributed by atoms with Gasteiger partial charge in [0.25, 0.3) is 0 Å². The van der Waals surface area contributed by atoms with E-state index in [4.69, 9.17) is 0 Å². The highest BCUT2D eigenvalue weighted by Gasteiger charge is 2.46. The van der Waals surface area contributed by atoms with Crippen molar-refractivity contribution in [3.8, 4) is 22.3 Å². The number of rotatable bonds is 4. The molecule has 0 nitrogen and oxygen atoms in total. The summed E-state index contributed by atoms with van der Waals surface area (Å²) in [5.41, 5.74) is 14.2. The number of hydrogen-bond acceptors (Lipinski definition) is 0. The molecular formula is C34H32Si. The Kier molecular flexibility index (Phi) is 5.09. The number of benzene rings is 4. The van der Waals surface area contributed by atoms with E-state index in [1.807, 2.05) is 0 Å². The molecule has 2 atom stereocenters. The third-order valence-electron chi connectivity index (χ3n) is 8.74. The first-order chi connectivity index (χ1) is 16.9. The maximum Gasteiger partial charge on any atom is 0.0544 e. The molecule has 6 rings (SSSR count). The van der Waals surface area contributed by atoms with Gasteiger partial charge in [0, 0.05) is 10.1 Å². The lowest BCUT2D eigenvalue weighted by molar-refractivity contribution is 0.717. The highest BCUT2D eigenvalue weighted by Crippen LogP contribution is 2.51. The molecule has 2 aliphatic rings. The van der Waals surface area contributed by atoms with Gasteiger partial charge in [0.15, 0.2) is 0 Å². The predicted molar refractivity (Wildman–Crippen MR) is 154 cm³/mol. The van der Waals surface area contributed by atoms with Gasteiger partial charge < -0.3 is 0 Å². The summed E-state index contributed by atoms with van der Waals surface area (Å²) < 4.78 is 0. The van der Waals surface area contributed by atoms with Gasteiger partial charge in [0.05, 0.1) is 9.52 Å². The number of fused-ring (bicyclic) bond motifs is 2. The Morgan fingerprint density at radius 1 is 0.486 bits per heavy atom. The zero-order chi connectivity index (χ0) is 24.2. The Hall–Kier alpha value is -3.42. The fourth-order valence-corrected chi connectivity index (χ4v) is 9.67. The van der Waals surface area contributed by atoms with Crippen LogP contribution in [0.15, 0.2) is 108 Å². The second-order valence-electron chi connectivity index (χ2n) is 10.8. The van der Waals surface area contributed by atoms with Crippen molar-refractivity contribution in [1.82, 2.24) is 0 Å². The zero-order valence-electron chi connectivity index (χ0n) is 21.1. The van der Waals surface area contributed by atoms with Crippen LogP contribution >= 0.6 is 0 Å². The maximum absolute atomic E-state index is 2.52. The van der Waals surface area contributed by atoms with Crippen LogP contribution in [-0.2, 0) is 10.1 Å². The predicted octanol–water partition coefficient (Wildman–Crippen LogP) is 8.15. The van der Waals surface area contributed by atoms with Crippen LogP contribution in [0.1, 0.15) is 49.9 Å². The van der Waals surface area contributed by atoms with Crippen LogP contribution in [0.5, 0.6) is 0 Å². The Morgan fingerprint density at radius 3 is 1.29 bits per heavy atom. The van der Waals surface area contributed by atoms with Crippen LogP contribution < -0.4 is 0 Å². The molecule has 4 aromatic rings. The molecule has 0 saturated heterocycles. The molecule has 0 bridgehead atoms. The first kappa shape index (κ1) is 22.1. The van der Waals surface area contributed by atoms with Crippen LogP contribution in [-0.4, -0.2) is 9.52 Å². The van der Waals surface area contributed by atoms with Crippen molar-refractivity contribution in [1.29, 1.82) is 0 Å². The molecule has 0 aliphatic heterocycles. The fraction of sp³-hybridized carbons (Fsp3) is 0.176. The van der Waals surface area contributed by atoms with Crippen molar-refractivity contribution >= 4 is 21.7 Å². The minimum Gasteiger partial charge on any atom is -0.0658 e. The van der Waals surface area contributed by atoms with Crippen molar-refractivity contribution in [2.75, 3.05) is 0 Å². The second kappa shape index (κ2) is 8.07. The average Bonchev–Trinajstić information content (AvgIpc) is 3.29. The van der Waals surface area contributed by atoms with Gasteiger partial charge in [-0.3, -0.25) is 0 Å². The molecule has 4 aromatic carbocycles. The molecule has 0 heterocycles. The average molecular weight is 469 g/mol. The molecule has 0 saturated carbocycles. The summed E-state index contributed by atoms with van der Waals surface area (Å²) in [7, 11) is -0.669. The summed E-state index contributed by atoms with van der Waals surface area (Å²) in [4.78, 5) is 0. The topological polar surface area (TPSA) is 0 Å². The summed E-state index contributed by atoms with van der Waals surface area (Å²) in [5.74, 6) is 0. The van der Waals surface area contributed by atoms with Gasteiger partial charge >= 0.3 is 0 Å². The monoisotopic (exact) mass is 468 g/mol. The highest BCUT2D eigenvalue weighted by molar-refractivity contribution is 6.48. The largest absolute Gasteiger partial charge is 0.0658 e. The smallest absolute Gasteiger partial charge is 0.0544 e. The van der Waals surface area contributed by atoms with Gasteiger partial charge in [0.1, 0.15) is 0 Å². The van der Waals surface area contributed by atoms with Crippen molar-refractivity contribution in [2.24, 2.45) is 0 Å². The second-order valence-corrected chi connectivity index (χ2v) is 13.9. The van der Waals surface area contributed by atoms with Crippen molar-refractivity contribution in [3.63, 3.8) is 0 Å². The van der Waals surface area contributed by atoms with Crippen molar-refractivity contribution in [3.05, 3.63) is 130 Å². The lowest BCUT2D eigenvalue weighted by Crippen LogP contribution is -2.43. The molecule has 0 amide bonds. The number of allylic oxidation sites excluding steroid dienone is 2. The molecule has 2 unspecified atom stereocenters. The molecule has 0 spiro atoms. The molecule has 1 heteroatoms. The first-order valence-corrected chi connectivity index (χ1v) is 14.1. The van der Waals surface area contributed by atoms with E-state index in [0.29, 0.717) is 0 Å². The minimum absolute atomic E-state index is 0.119. The van der Waals surface area contributed by atoms with Gasteiger partial charge in [-0.25, -0.2) is 0 Å². The zero-order valence-corrected chi connectivity index (χ0v) is 22.5. The van der Waals surface area contributed by atoms with Gasteiger partial charge in [-0.2, -0.15) is 0 Å². The lowest BCUT2D eigenvalue weighted by Gasteiger charge is -2.39. The van der Waals surface area contributed by atoms with Crippen LogP contribution in [0.25, 0.3) is 34.4 Å². The third-order valence-corrected chi connectivity index (χ3v) is 12.0. The quantitative estimate of drug-likeness (QED) is 0.265. The molecule has 35 heavy (non-hydrogen) atoms. The van der Waals surface area contributed by atoms with Crippen LogP contribution in [0, 0.1) is 0 Å². The van der Waals surface area contributed by atoms with E-state index in [9.17, 15) is 0 Å². The van der Waals surface area contributed by atoms with E-state index < -0.39 is 9.52 Å². The lowest BCUT2D eigenvalue weighted by atomic mass is 9.92. The van der Waals surface area contributed by atoms with Crippen molar-refractivity contribution in [2.45, 2.75) is 37.8 Å². The summed E-state index contributed by atoms with van der Waals surface area (Å²) in [6, 6.07) is 35.6. The van der Waals surface area contributed by atoms with Gasteiger partial charge in [-0.1, -0.05) is 134 Å². The minimum atomic E-state index is -0.669. The Morgan fingerprint density at radius 2 is 0.886 bits per heavy atom. The van der Waals surface area contributed by atoms with Crippen LogP contribution in [0.4, 0.5) is 0 Å². The number of hydrogen-bond donors (Lipinski definition) is 0. The summed E-state index contributed by atoms with van der Waals surface area (Å²) in [5, 5.41) is 0.239. The standard InChI is InChI=1S/C34H32Si/c1-23-21-29-27(25-13-7-5-8-14-25)17-11-19-31(29)33(23,3)35-34(4)24(2)22-30-28(18-12-20-32(30)34)26-15-9-6-10-16-26/h5-22H,35H2,1-4H3. The van der Waals surface area contributed by atoms with Gasteiger partial charge in [-0.05, 0) is 58.4 Å². The van der Waals surface area contributed by atoms with Crippen LogP contribution in [0.3, 0.4) is 0 Å². The van der Waals surface area contributed by atoms with Crippen LogP contribution in [0.2, 0.25) is 0 Å². The molecule has 0 N–H and O–H groups in total. The Labute approximate surface area is 211 Å². The summed E-state index contributed by atoms with van der Waals surface area (Å²) >= 11 is 0. The summed E-state index contributed by atoms with van der Waals surface area (Å²) in [6.07, 6.45) is 4.95.